The first kappa shape index (κ1) is 14.1. The summed E-state index contributed by atoms with van der Waals surface area (Å²) >= 11 is 0. The maximum atomic E-state index is 12.2. The van der Waals surface area contributed by atoms with Gasteiger partial charge in [0.2, 0.25) is 5.91 Å². The lowest BCUT2D eigenvalue weighted by Gasteiger charge is -2.27. The van der Waals surface area contributed by atoms with Gasteiger partial charge in [0.15, 0.2) is 0 Å². The van der Waals surface area contributed by atoms with Crippen molar-refractivity contribution in [1.29, 1.82) is 0 Å². The van der Waals surface area contributed by atoms with Gasteiger partial charge in [-0.15, -0.1) is 0 Å². The summed E-state index contributed by atoms with van der Waals surface area (Å²) in [5.74, 6) is -0.0192. The summed E-state index contributed by atoms with van der Waals surface area (Å²) in [6.07, 6.45) is 7.33. The molecule has 0 aromatic carbocycles. The second kappa shape index (κ2) is 5.87. The lowest BCUT2D eigenvalue weighted by molar-refractivity contribution is -0.132. The molecule has 1 amide bonds. The van der Waals surface area contributed by atoms with Crippen molar-refractivity contribution in [2.45, 2.75) is 57.7 Å². The van der Waals surface area contributed by atoms with Gasteiger partial charge in [-0.1, -0.05) is 0 Å². The minimum Gasteiger partial charge on any atom is -0.381 e. The van der Waals surface area contributed by atoms with Crippen molar-refractivity contribution < 1.29 is 4.79 Å². The standard InChI is InChI=1S/C15H22N4O2/c1-2-18(13-6-7-13)15(21)10-19-14(20)8-12(9-16-19)17-11-4-3-5-11/h8-9,11,13,17H,2-7,10H2,1H3. The van der Waals surface area contributed by atoms with Gasteiger partial charge in [-0.3, -0.25) is 9.59 Å². The molecule has 0 saturated heterocycles. The van der Waals surface area contributed by atoms with Crippen LogP contribution in [-0.4, -0.2) is 39.2 Å². The molecule has 1 N–H and O–H groups in total. The van der Waals surface area contributed by atoms with Crippen molar-refractivity contribution in [1.82, 2.24) is 14.7 Å². The first-order valence-electron chi connectivity index (χ1n) is 7.80. The predicted octanol–water partition coefficient (Wildman–Crippen LogP) is 1.22. The maximum absolute atomic E-state index is 12.2. The molecule has 2 aliphatic rings. The van der Waals surface area contributed by atoms with Gasteiger partial charge in [0.05, 0.1) is 11.9 Å². The minimum absolute atomic E-state index is 0.0192. The average Bonchev–Trinajstić information content (AvgIpc) is 3.22. The van der Waals surface area contributed by atoms with Gasteiger partial charge in [0.1, 0.15) is 6.54 Å². The van der Waals surface area contributed by atoms with Crippen LogP contribution in [0, 0.1) is 0 Å². The maximum Gasteiger partial charge on any atom is 0.269 e. The highest BCUT2D eigenvalue weighted by atomic mass is 16.2. The van der Waals surface area contributed by atoms with Crippen LogP contribution >= 0.6 is 0 Å². The fraction of sp³-hybridized carbons (Fsp3) is 0.667. The van der Waals surface area contributed by atoms with E-state index in [2.05, 4.69) is 10.4 Å². The fourth-order valence-corrected chi connectivity index (χ4v) is 2.66. The van der Waals surface area contributed by atoms with Crippen LogP contribution in [0.5, 0.6) is 0 Å². The Morgan fingerprint density at radius 2 is 2.19 bits per heavy atom. The van der Waals surface area contributed by atoms with Crippen LogP contribution in [0.4, 0.5) is 5.69 Å². The number of hydrogen-bond donors (Lipinski definition) is 1. The Hall–Kier alpha value is -1.85. The highest BCUT2D eigenvalue weighted by molar-refractivity contribution is 5.76. The molecule has 21 heavy (non-hydrogen) atoms. The van der Waals surface area contributed by atoms with Gasteiger partial charge in [0, 0.05) is 24.7 Å². The lowest BCUT2D eigenvalue weighted by atomic mass is 9.93. The van der Waals surface area contributed by atoms with E-state index in [-0.39, 0.29) is 18.0 Å². The number of nitrogens with one attached hydrogen (secondary N) is 1. The van der Waals surface area contributed by atoms with Gasteiger partial charge in [0.25, 0.3) is 5.56 Å². The Kier molecular flexibility index (Phi) is 3.94. The smallest absolute Gasteiger partial charge is 0.269 e. The number of hydrogen-bond acceptors (Lipinski definition) is 4. The number of rotatable bonds is 6. The summed E-state index contributed by atoms with van der Waals surface area (Å²) in [6, 6.07) is 2.37. The zero-order valence-corrected chi connectivity index (χ0v) is 12.4. The molecule has 1 aromatic heterocycles. The largest absolute Gasteiger partial charge is 0.381 e. The van der Waals surface area contributed by atoms with Crippen molar-refractivity contribution in [3.05, 3.63) is 22.6 Å². The molecule has 0 atom stereocenters. The molecule has 0 aliphatic heterocycles. The molecule has 1 heterocycles. The van der Waals surface area contributed by atoms with E-state index in [1.54, 1.807) is 6.20 Å². The number of carbonyl (C=O) groups excluding carboxylic acids is 1. The molecule has 3 rings (SSSR count). The zero-order valence-electron chi connectivity index (χ0n) is 12.4. The zero-order chi connectivity index (χ0) is 14.8. The minimum atomic E-state index is -0.223. The normalized spacial score (nSPS) is 18.1. The van der Waals surface area contributed by atoms with E-state index in [1.807, 2.05) is 11.8 Å². The Balaban J connectivity index is 1.64. The summed E-state index contributed by atoms with van der Waals surface area (Å²) < 4.78 is 1.25. The van der Waals surface area contributed by atoms with Crippen LogP contribution in [0.2, 0.25) is 0 Å². The number of anilines is 1. The summed E-state index contributed by atoms with van der Waals surface area (Å²) in [7, 11) is 0. The summed E-state index contributed by atoms with van der Waals surface area (Å²) in [5.41, 5.74) is 0.530. The van der Waals surface area contributed by atoms with Crippen molar-refractivity contribution in [2.75, 3.05) is 11.9 Å². The first-order valence-corrected chi connectivity index (χ1v) is 7.80. The SMILES string of the molecule is CCN(C(=O)Cn1ncc(NC2CCC2)cc1=O)C1CC1. The van der Waals surface area contributed by atoms with Crippen molar-refractivity contribution in [3.8, 4) is 0 Å². The quantitative estimate of drug-likeness (QED) is 0.855. The van der Waals surface area contributed by atoms with Crippen LogP contribution in [0.1, 0.15) is 39.0 Å². The van der Waals surface area contributed by atoms with E-state index in [1.165, 1.54) is 17.2 Å². The van der Waals surface area contributed by atoms with Crippen LogP contribution in [0.15, 0.2) is 17.1 Å². The molecule has 2 fully saturated rings. The highest BCUT2D eigenvalue weighted by Crippen LogP contribution is 2.26. The Labute approximate surface area is 124 Å². The summed E-state index contributed by atoms with van der Waals surface area (Å²) in [5, 5.41) is 7.41. The fourth-order valence-electron chi connectivity index (χ4n) is 2.66. The molecular formula is C15H22N4O2. The molecule has 0 spiro atoms. The monoisotopic (exact) mass is 290 g/mol. The molecule has 114 valence electrons. The van der Waals surface area contributed by atoms with E-state index in [0.717, 1.165) is 31.4 Å². The van der Waals surface area contributed by atoms with Gasteiger partial charge < -0.3 is 10.2 Å². The van der Waals surface area contributed by atoms with Crippen LogP contribution in [0.25, 0.3) is 0 Å². The third-order valence-electron chi connectivity index (χ3n) is 4.28. The second-order valence-corrected chi connectivity index (χ2v) is 5.92. The predicted molar refractivity (Wildman–Crippen MR) is 80.2 cm³/mol. The second-order valence-electron chi connectivity index (χ2n) is 5.92. The molecule has 0 bridgehead atoms. The Morgan fingerprint density at radius 3 is 2.71 bits per heavy atom. The summed E-state index contributed by atoms with van der Waals surface area (Å²) in [4.78, 5) is 26.1. The highest BCUT2D eigenvalue weighted by Gasteiger charge is 2.31. The van der Waals surface area contributed by atoms with Crippen molar-refractivity contribution >= 4 is 11.6 Å². The van der Waals surface area contributed by atoms with E-state index in [9.17, 15) is 9.59 Å². The average molecular weight is 290 g/mol. The van der Waals surface area contributed by atoms with E-state index < -0.39 is 0 Å². The van der Waals surface area contributed by atoms with E-state index >= 15 is 0 Å². The van der Waals surface area contributed by atoms with Crippen molar-refractivity contribution in [2.24, 2.45) is 0 Å². The topological polar surface area (TPSA) is 67.2 Å². The Morgan fingerprint density at radius 1 is 1.43 bits per heavy atom. The summed E-state index contributed by atoms with van der Waals surface area (Å²) in [6.45, 7) is 2.70. The van der Waals surface area contributed by atoms with E-state index in [4.69, 9.17) is 0 Å². The lowest BCUT2D eigenvalue weighted by Crippen LogP contribution is -2.38. The van der Waals surface area contributed by atoms with E-state index in [0.29, 0.717) is 18.6 Å². The van der Waals surface area contributed by atoms with Gasteiger partial charge >= 0.3 is 0 Å². The van der Waals surface area contributed by atoms with Gasteiger partial charge in [-0.25, -0.2) is 4.68 Å². The number of amides is 1. The molecule has 1 aromatic rings. The van der Waals surface area contributed by atoms with Crippen molar-refractivity contribution in [3.63, 3.8) is 0 Å². The molecule has 6 heteroatoms. The molecule has 2 aliphatic carbocycles. The molecule has 2 saturated carbocycles. The molecule has 6 nitrogen and oxygen atoms in total. The molecule has 0 unspecified atom stereocenters. The van der Waals surface area contributed by atoms with Crippen LogP contribution in [-0.2, 0) is 11.3 Å². The van der Waals surface area contributed by atoms with Crippen LogP contribution < -0.4 is 10.9 Å². The number of nitrogens with zero attached hydrogens (tertiary/aromatic N) is 3. The first-order chi connectivity index (χ1) is 10.2. The third-order valence-corrected chi connectivity index (χ3v) is 4.28. The molecule has 0 radical (unpaired) electrons. The third kappa shape index (κ3) is 3.25. The van der Waals surface area contributed by atoms with Crippen LogP contribution in [0.3, 0.4) is 0 Å². The number of aromatic nitrogens is 2. The Bertz CT molecular complexity index is 575. The molecular weight excluding hydrogens is 268 g/mol. The number of carbonyl (C=O) groups is 1. The number of likely N-dealkylation sites (N-methyl/N-ethyl adjacent to an activating group) is 1. The van der Waals surface area contributed by atoms with Gasteiger partial charge in [-0.2, -0.15) is 5.10 Å². The van der Waals surface area contributed by atoms with Gasteiger partial charge in [-0.05, 0) is 39.0 Å².